The molecule has 0 aliphatic rings. The molecule has 0 spiro atoms. The molecule has 0 aromatic carbocycles. The van der Waals surface area contributed by atoms with Crippen molar-refractivity contribution in [2.75, 3.05) is 0 Å². The Labute approximate surface area is 46.8 Å². The van der Waals surface area contributed by atoms with E-state index in [-0.39, 0.29) is 10.5 Å². The third-order valence-electron chi connectivity index (χ3n) is 0.349. The summed E-state index contributed by atoms with van der Waals surface area (Å²) in [6, 6.07) is 0. The number of nitrogens with one attached hydrogen (secondary N) is 1. The topological polar surface area (TPSA) is 23.9 Å². The molecular formula is C3H5Cl2N. The Bertz CT molecular complexity index is 59.8. The quantitative estimate of drug-likeness (QED) is 0.409. The highest BCUT2D eigenvalue weighted by Gasteiger charge is 1.96. The Balaban J connectivity index is 3.26. The minimum Gasteiger partial charge on any atom is -0.292 e. The number of hydrogen-bond acceptors (Lipinski definition) is 1. The Hall–Kier alpha value is 0.250. The molecule has 0 aromatic rings. The summed E-state index contributed by atoms with van der Waals surface area (Å²) in [6.07, 6.45) is 0. The Morgan fingerprint density at radius 3 is 2.00 bits per heavy atom. The summed E-state index contributed by atoms with van der Waals surface area (Å²) in [4.78, 5) is 0. The second kappa shape index (κ2) is 2.43. The molecule has 6 heavy (non-hydrogen) atoms. The average Bonchev–Trinajstić information content (AvgIpc) is 1.36. The van der Waals surface area contributed by atoms with E-state index in [2.05, 4.69) is 0 Å². The van der Waals surface area contributed by atoms with Gasteiger partial charge in [-0.25, -0.2) is 0 Å². The molecular weight excluding hydrogens is 121 g/mol. The van der Waals surface area contributed by atoms with Gasteiger partial charge in [-0.3, -0.25) is 5.41 Å². The predicted octanol–water partition coefficient (Wildman–Crippen LogP) is 1.83. The second-order valence-corrected chi connectivity index (χ2v) is 2.03. The first kappa shape index (κ1) is 6.25. The summed E-state index contributed by atoms with van der Waals surface area (Å²) in [7, 11) is 0. The molecule has 0 saturated heterocycles. The smallest absolute Gasteiger partial charge is 0.115 e. The molecule has 1 atom stereocenters. The summed E-state index contributed by atoms with van der Waals surface area (Å²) < 4.78 is 0. The van der Waals surface area contributed by atoms with Crippen molar-refractivity contribution in [3.8, 4) is 0 Å². The fourth-order valence-corrected chi connectivity index (χ4v) is 0. The van der Waals surface area contributed by atoms with E-state index in [9.17, 15) is 0 Å². The van der Waals surface area contributed by atoms with Gasteiger partial charge in [0.05, 0.1) is 5.38 Å². The molecule has 0 aromatic heterocycles. The number of hydrogen-bond donors (Lipinski definition) is 1. The van der Waals surface area contributed by atoms with E-state index >= 15 is 0 Å². The zero-order valence-corrected chi connectivity index (χ0v) is 4.85. The van der Waals surface area contributed by atoms with E-state index < -0.39 is 0 Å². The van der Waals surface area contributed by atoms with Crippen LogP contribution in [0.25, 0.3) is 0 Å². The van der Waals surface area contributed by atoms with Gasteiger partial charge >= 0.3 is 0 Å². The highest BCUT2D eigenvalue weighted by Crippen LogP contribution is 1.97. The third kappa shape index (κ3) is 2.49. The summed E-state index contributed by atoms with van der Waals surface area (Å²) in [5, 5.41) is 6.25. The lowest BCUT2D eigenvalue weighted by molar-refractivity contribution is 1.28. The van der Waals surface area contributed by atoms with Gasteiger partial charge in [0.25, 0.3) is 0 Å². The van der Waals surface area contributed by atoms with Crippen LogP contribution in [0.4, 0.5) is 0 Å². The molecule has 0 bridgehead atoms. The van der Waals surface area contributed by atoms with Crippen LogP contribution in [-0.2, 0) is 0 Å². The fraction of sp³-hybridized carbons (Fsp3) is 0.667. The van der Waals surface area contributed by atoms with Gasteiger partial charge in [0.1, 0.15) is 5.17 Å². The van der Waals surface area contributed by atoms with Crippen molar-refractivity contribution in [1.29, 1.82) is 5.41 Å². The second-order valence-electron chi connectivity index (χ2n) is 0.964. The van der Waals surface area contributed by atoms with Crippen LogP contribution in [0.3, 0.4) is 0 Å². The molecule has 0 heterocycles. The molecule has 0 fully saturated rings. The van der Waals surface area contributed by atoms with Crippen LogP contribution >= 0.6 is 23.2 Å². The van der Waals surface area contributed by atoms with Crippen LogP contribution in [-0.4, -0.2) is 10.5 Å². The van der Waals surface area contributed by atoms with Gasteiger partial charge in [-0.1, -0.05) is 11.6 Å². The van der Waals surface area contributed by atoms with Gasteiger partial charge in [-0.15, -0.1) is 11.6 Å². The molecule has 0 radical (unpaired) electrons. The van der Waals surface area contributed by atoms with Gasteiger partial charge in [0.15, 0.2) is 0 Å². The van der Waals surface area contributed by atoms with Gasteiger partial charge < -0.3 is 0 Å². The van der Waals surface area contributed by atoms with E-state index in [1.165, 1.54) is 0 Å². The fourth-order valence-electron chi connectivity index (χ4n) is 0. The number of alkyl halides is 1. The standard InChI is InChI=1S/C3H5Cl2N/c1-2(4)3(5)6/h2,6H,1H3. The molecule has 1 nitrogen and oxygen atoms in total. The van der Waals surface area contributed by atoms with Crippen molar-refractivity contribution < 1.29 is 0 Å². The molecule has 0 saturated carbocycles. The maximum Gasteiger partial charge on any atom is 0.115 e. The van der Waals surface area contributed by atoms with Crippen molar-refractivity contribution in [2.24, 2.45) is 0 Å². The minimum atomic E-state index is -0.327. The molecule has 36 valence electrons. The molecule has 0 rings (SSSR count). The average molecular weight is 126 g/mol. The van der Waals surface area contributed by atoms with Gasteiger partial charge in [-0.05, 0) is 6.92 Å². The number of rotatable bonds is 1. The minimum absolute atomic E-state index is 0.00309. The van der Waals surface area contributed by atoms with E-state index in [0.29, 0.717) is 0 Å². The first-order chi connectivity index (χ1) is 2.64. The highest BCUT2D eigenvalue weighted by molar-refractivity contribution is 6.69. The van der Waals surface area contributed by atoms with Crippen LogP contribution in [0.1, 0.15) is 6.92 Å². The highest BCUT2D eigenvalue weighted by atomic mass is 35.5. The van der Waals surface area contributed by atoms with E-state index in [1.807, 2.05) is 0 Å². The number of halogens is 2. The normalized spacial score (nSPS) is 13.8. The van der Waals surface area contributed by atoms with Crippen LogP contribution < -0.4 is 0 Å². The third-order valence-corrected chi connectivity index (χ3v) is 1.01. The van der Waals surface area contributed by atoms with Gasteiger partial charge in [0, 0.05) is 0 Å². The van der Waals surface area contributed by atoms with Crippen LogP contribution in [0.15, 0.2) is 0 Å². The Morgan fingerprint density at radius 1 is 1.83 bits per heavy atom. The summed E-state index contributed by atoms with van der Waals surface area (Å²) in [5.41, 5.74) is 0. The molecule has 0 amide bonds. The molecule has 1 unspecified atom stereocenters. The first-order valence-electron chi connectivity index (χ1n) is 1.52. The largest absolute Gasteiger partial charge is 0.292 e. The lowest BCUT2D eigenvalue weighted by atomic mass is 10.5. The summed E-state index contributed by atoms with van der Waals surface area (Å²) in [5.74, 6) is 0. The zero-order valence-electron chi connectivity index (χ0n) is 3.33. The van der Waals surface area contributed by atoms with Crippen molar-refractivity contribution in [1.82, 2.24) is 0 Å². The molecule has 1 N–H and O–H groups in total. The Kier molecular flexibility index (Phi) is 2.53. The SMILES string of the molecule is CC(Cl)C(=N)Cl. The van der Waals surface area contributed by atoms with Gasteiger partial charge in [-0.2, -0.15) is 0 Å². The Morgan fingerprint density at radius 2 is 2.00 bits per heavy atom. The van der Waals surface area contributed by atoms with E-state index in [1.54, 1.807) is 6.92 Å². The predicted molar refractivity (Wildman–Crippen MR) is 28.9 cm³/mol. The van der Waals surface area contributed by atoms with Crippen LogP contribution in [0.2, 0.25) is 0 Å². The first-order valence-corrected chi connectivity index (χ1v) is 2.34. The van der Waals surface area contributed by atoms with Gasteiger partial charge in [0.2, 0.25) is 0 Å². The van der Waals surface area contributed by atoms with Crippen molar-refractivity contribution in [3.05, 3.63) is 0 Å². The monoisotopic (exact) mass is 125 g/mol. The van der Waals surface area contributed by atoms with E-state index in [4.69, 9.17) is 28.6 Å². The van der Waals surface area contributed by atoms with Crippen molar-refractivity contribution in [2.45, 2.75) is 12.3 Å². The summed E-state index contributed by atoms with van der Waals surface area (Å²) in [6.45, 7) is 1.65. The lowest BCUT2D eigenvalue weighted by Gasteiger charge is -1.89. The maximum atomic E-state index is 6.58. The van der Waals surface area contributed by atoms with Crippen molar-refractivity contribution >= 4 is 28.4 Å². The zero-order chi connectivity index (χ0) is 5.15. The summed E-state index contributed by atoms with van der Waals surface area (Å²) >= 11 is 10.3. The maximum absolute atomic E-state index is 6.58. The molecule has 0 aliphatic carbocycles. The van der Waals surface area contributed by atoms with E-state index in [0.717, 1.165) is 0 Å². The molecule has 0 aliphatic heterocycles. The lowest BCUT2D eigenvalue weighted by Crippen LogP contribution is -1.98. The van der Waals surface area contributed by atoms with Crippen LogP contribution in [0.5, 0.6) is 0 Å². The van der Waals surface area contributed by atoms with Crippen LogP contribution in [0, 0.1) is 5.41 Å². The molecule has 3 heteroatoms. The van der Waals surface area contributed by atoms with Crippen molar-refractivity contribution in [3.63, 3.8) is 0 Å².